The highest BCUT2D eigenvalue weighted by Crippen LogP contribution is 2.28. The van der Waals surface area contributed by atoms with Crippen molar-refractivity contribution in [3.8, 4) is 0 Å². The first-order valence-corrected chi connectivity index (χ1v) is 10.0. The van der Waals surface area contributed by atoms with Gasteiger partial charge in [-0.2, -0.15) is 4.98 Å². The summed E-state index contributed by atoms with van der Waals surface area (Å²) in [6.07, 6.45) is 1.82. The molecule has 2 aromatic rings. The van der Waals surface area contributed by atoms with E-state index in [1.807, 2.05) is 18.2 Å². The predicted octanol–water partition coefficient (Wildman–Crippen LogP) is 1.26. The molecule has 1 aromatic heterocycles. The van der Waals surface area contributed by atoms with Crippen molar-refractivity contribution in [1.29, 1.82) is 0 Å². The third kappa shape index (κ3) is 3.25. The van der Waals surface area contributed by atoms with Crippen molar-refractivity contribution in [3.63, 3.8) is 0 Å². The van der Waals surface area contributed by atoms with Crippen LogP contribution in [0.4, 0.5) is 6.01 Å². The van der Waals surface area contributed by atoms with Crippen LogP contribution in [-0.2, 0) is 9.47 Å². The maximum absolute atomic E-state index is 13.0. The number of fused-ring (bicyclic) bond motifs is 3. The Morgan fingerprint density at radius 3 is 2.64 bits per heavy atom. The average molecular weight is 386 g/mol. The molecule has 8 nitrogen and oxygen atoms in total. The monoisotopic (exact) mass is 386 g/mol. The summed E-state index contributed by atoms with van der Waals surface area (Å²) in [6, 6.07) is 6.99. The van der Waals surface area contributed by atoms with Gasteiger partial charge >= 0.3 is 0 Å². The van der Waals surface area contributed by atoms with E-state index in [0.29, 0.717) is 48.0 Å². The second-order valence-corrected chi connectivity index (χ2v) is 7.90. The van der Waals surface area contributed by atoms with Crippen LogP contribution < -0.4 is 10.2 Å². The number of carbonyl (C=O) groups is 1. The van der Waals surface area contributed by atoms with Crippen LogP contribution in [0.1, 0.15) is 23.2 Å². The molecule has 1 aromatic carbocycles. The second-order valence-electron chi connectivity index (χ2n) is 7.90. The van der Waals surface area contributed by atoms with Crippen molar-refractivity contribution in [2.45, 2.75) is 31.0 Å². The van der Waals surface area contributed by atoms with E-state index in [-0.39, 0.29) is 11.9 Å². The summed E-state index contributed by atoms with van der Waals surface area (Å²) in [5.74, 6) is -0.0824. The van der Waals surface area contributed by atoms with Gasteiger partial charge in [0.15, 0.2) is 5.58 Å². The van der Waals surface area contributed by atoms with E-state index in [4.69, 9.17) is 13.9 Å². The molecular weight excluding hydrogens is 360 g/mol. The Morgan fingerprint density at radius 1 is 1.14 bits per heavy atom. The Morgan fingerprint density at radius 2 is 1.89 bits per heavy atom. The molecule has 0 saturated carbocycles. The van der Waals surface area contributed by atoms with Gasteiger partial charge in [0.1, 0.15) is 5.52 Å². The number of aromatic nitrogens is 1. The number of hydrogen-bond donors (Lipinski definition) is 1. The highest BCUT2D eigenvalue weighted by molar-refractivity contribution is 6.04. The second kappa shape index (κ2) is 7.35. The molecule has 0 spiro atoms. The Balaban J connectivity index is 1.35. The minimum Gasteiger partial charge on any atom is -0.423 e. The van der Waals surface area contributed by atoms with Gasteiger partial charge in [-0.3, -0.25) is 9.69 Å². The van der Waals surface area contributed by atoms with E-state index >= 15 is 0 Å². The fourth-order valence-corrected chi connectivity index (χ4v) is 4.49. The number of carbonyl (C=O) groups excluding carboxylic acids is 1. The number of anilines is 1. The Bertz CT molecular complexity index is 849. The molecule has 5 rings (SSSR count). The lowest BCUT2D eigenvalue weighted by atomic mass is 9.90. The number of benzene rings is 1. The molecule has 0 radical (unpaired) electrons. The van der Waals surface area contributed by atoms with Crippen LogP contribution >= 0.6 is 0 Å². The number of piperidine rings is 1. The first-order chi connectivity index (χ1) is 13.7. The Labute approximate surface area is 163 Å². The van der Waals surface area contributed by atoms with Crippen molar-refractivity contribution in [1.82, 2.24) is 15.2 Å². The standard InChI is InChI=1S/C20H26N4O4/c1-23-14-9-13(10-15(23)12-27-11-14)21-19(25)16-3-2-4-17-18(16)22-20(28-17)24-5-7-26-8-6-24/h2-4,13-15H,5-12H2,1H3,(H,21,25). The molecule has 1 N–H and O–H groups in total. The van der Waals surface area contributed by atoms with Crippen LogP contribution in [0.25, 0.3) is 11.1 Å². The number of amides is 1. The summed E-state index contributed by atoms with van der Waals surface area (Å²) in [6.45, 7) is 4.29. The van der Waals surface area contributed by atoms with Crippen molar-refractivity contribution >= 4 is 23.0 Å². The number of likely N-dealkylation sites (N-methyl/N-ethyl adjacent to an activating group) is 1. The van der Waals surface area contributed by atoms with Gasteiger partial charge < -0.3 is 24.1 Å². The number of rotatable bonds is 3. The van der Waals surface area contributed by atoms with E-state index in [0.717, 1.165) is 39.1 Å². The molecule has 1 amide bonds. The Kier molecular flexibility index (Phi) is 4.70. The fraction of sp³-hybridized carbons (Fsp3) is 0.600. The van der Waals surface area contributed by atoms with Crippen LogP contribution in [0.5, 0.6) is 0 Å². The zero-order valence-corrected chi connectivity index (χ0v) is 16.1. The number of nitrogens with one attached hydrogen (secondary N) is 1. The summed E-state index contributed by atoms with van der Waals surface area (Å²) >= 11 is 0. The molecule has 3 fully saturated rings. The van der Waals surface area contributed by atoms with Crippen LogP contribution in [0.15, 0.2) is 22.6 Å². The number of ether oxygens (including phenoxy) is 2. The summed E-state index contributed by atoms with van der Waals surface area (Å²) < 4.78 is 17.0. The van der Waals surface area contributed by atoms with Gasteiger partial charge in [0.2, 0.25) is 0 Å². The number of oxazole rings is 1. The molecule has 3 saturated heterocycles. The van der Waals surface area contributed by atoms with Crippen LogP contribution in [0, 0.1) is 0 Å². The summed E-state index contributed by atoms with van der Waals surface area (Å²) in [5, 5.41) is 3.23. The van der Waals surface area contributed by atoms with Gasteiger partial charge in [0.25, 0.3) is 11.9 Å². The third-order valence-electron chi connectivity index (χ3n) is 6.15. The first kappa shape index (κ1) is 17.9. The molecule has 3 aliphatic heterocycles. The first-order valence-electron chi connectivity index (χ1n) is 10.0. The maximum Gasteiger partial charge on any atom is 0.298 e. The van der Waals surface area contributed by atoms with E-state index in [1.165, 1.54) is 0 Å². The molecule has 4 heterocycles. The van der Waals surface area contributed by atoms with E-state index in [1.54, 1.807) is 0 Å². The maximum atomic E-state index is 13.0. The normalized spacial score (nSPS) is 28.5. The van der Waals surface area contributed by atoms with E-state index < -0.39 is 0 Å². The SMILES string of the molecule is CN1C2COCC1CC(NC(=O)c1cccc3oc(N4CCOCC4)nc13)C2. The van der Waals surface area contributed by atoms with Crippen molar-refractivity contribution in [3.05, 3.63) is 23.8 Å². The molecule has 28 heavy (non-hydrogen) atoms. The molecular formula is C20H26N4O4. The molecule has 150 valence electrons. The van der Waals surface area contributed by atoms with Crippen molar-refractivity contribution < 1.29 is 18.7 Å². The summed E-state index contributed by atoms with van der Waals surface area (Å²) in [5.41, 5.74) is 1.84. The lowest BCUT2D eigenvalue weighted by Crippen LogP contribution is -2.59. The zero-order valence-electron chi connectivity index (χ0n) is 16.1. The highest BCUT2D eigenvalue weighted by Gasteiger charge is 2.37. The van der Waals surface area contributed by atoms with E-state index in [9.17, 15) is 4.79 Å². The third-order valence-corrected chi connectivity index (χ3v) is 6.15. The van der Waals surface area contributed by atoms with Gasteiger partial charge in [0.05, 0.1) is 32.0 Å². The average Bonchev–Trinajstić information content (AvgIpc) is 3.14. The van der Waals surface area contributed by atoms with Crippen molar-refractivity contribution in [2.75, 3.05) is 51.5 Å². The topological polar surface area (TPSA) is 80.1 Å². The Hall–Kier alpha value is -2.16. The van der Waals surface area contributed by atoms with Gasteiger partial charge in [0, 0.05) is 31.2 Å². The molecule has 3 aliphatic rings. The molecule has 0 aliphatic carbocycles. The summed E-state index contributed by atoms with van der Waals surface area (Å²) in [4.78, 5) is 22.1. The zero-order chi connectivity index (χ0) is 19.1. The van der Waals surface area contributed by atoms with E-state index in [2.05, 4.69) is 27.1 Å². The number of morpholine rings is 2. The van der Waals surface area contributed by atoms with Gasteiger partial charge in [-0.15, -0.1) is 0 Å². The van der Waals surface area contributed by atoms with Gasteiger partial charge in [-0.25, -0.2) is 0 Å². The summed E-state index contributed by atoms with van der Waals surface area (Å²) in [7, 11) is 2.15. The number of nitrogens with zero attached hydrogens (tertiary/aromatic N) is 3. The molecule has 8 heteroatoms. The van der Waals surface area contributed by atoms with Gasteiger partial charge in [-0.05, 0) is 32.0 Å². The minimum atomic E-state index is -0.0824. The van der Waals surface area contributed by atoms with Gasteiger partial charge in [-0.1, -0.05) is 6.07 Å². The number of para-hydroxylation sites is 1. The van der Waals surface area contributed by atoms with Crippen LogP contribution in [0.3, 0.4) is 0 Å². The predicted molar refractivity (Wildman–Crippen MR) is 104 cm³/mol. The lowest BCUT2D eigenvalue weighted by molar-refractivity contribution is -0.0670. The minimum absolute atomic E-state index is 0.0824. The largest absolute Gasteiger partial charge is 0.423 e. The fourth-order valence-electron chi connectivity index (χ4n) is 4.49. The lowest BCUT2D eigenvalue weighted by Gasteiger charge is -2.46. The number of hydrogen-bond acceptors (Lipinski definition) is 7. The molecule has 2 unspecified atom stereocenters. The molecule has 2 bridgehead atoms. The van der Waals surface area contributed by atoms with Crippen LogP contribution in [0.2, 0.25) is 0 Å². The quantitative estimate of drug-likeness (QED) is 0.851. The van der Waals surface area contributed by atoms with Crippen molar-refractivity contribution in [2.24, 2.45) is 0 Å². The molecule has 2 atom stereocenters. The highest BCUT2D eigenvalue weighted by atomic mass is 16.5. The smallest absolute Gasteiger partial charge is 0.298 e. The van der Waals surface area contributed by atoms with Crippen LogP contribution in [-0.4, -0.2) is 80.5 Å².